The summed E-state index contributed by atoms with van der Waals surface area (Å²) in [5.74, 6) is -0.119. The average molecular weight is 293 g/mol. The van der Waals surface area contributed by atoms with Crippen LogP contribution in [-0.4, -0.2) is 39.9 Å². The van der Waals surface area contributed by atoms with Crippen molar-refractivity contribution < 1.29 is 9.53 Å². The number of thioether (sulfide) groups is 1. The molecule has 0 aliphatic heterocycles. The molecule has 3 rings (SSSR count). The SMILES string of the molecule is COC(=O)C1(NC2CC2)CCC(Sc2cnccn2)C1. The molecule has 2 unspecified atom stereocenters. The maximum absolute atomic E-state index is 12.2. The van der Waals surface area contributed by atoms with Crippen molar-refractivity contribution in [3.63, 3.8) is 0 Å². The second kappa shape index (κ2) is 5.69. The van der Waals surface area contributed by atoms with Crippen LogP contribution >= 0.6 is 11.8 Å². The van der Waals surface area contributed by atoms with Gasteiger partial charge in [-0.05, 0) is 32.1 Å². The highest BCUT2D eigenvalue weighted by Crippen LogP contribution is 2.41. The summed E-state index contributed by atoms with van der Waals surface area (Å²) in [7, 11) is 1.47. The summed E-state index contributed by atoms with van der Waals surface area (Å²) in [4.78, 5) is 20.5. The molecule has 0 radical (unpaired) electrons. The second-order valence-corrected chi connectivity index (χ2v) is 6.84. The third-order valence-electron chi connectivity index (χ3n) is 3.93. The lowest BCUT2D eigenvalue weighted by molar-refractivity contribution is -0.148. The number of nitrogens with one attached hydrogen (secondary N) is 1. The molecule has 1 N–H and O–H groups in total. The van der Waals surface area contributed by atoms with Crippen LogP contribution in [0.25, 0.3) is 0 Å². The fourth-order valence-corrected chi connectivity index (χ4v) is 4.00. The lowest BCUT2D eigenvalue weighted by Gasteiger charge is -2.27. The molecule has 1 heterocycles. The summed E-state index contributed by atoms with van der Waals surface area (Å²) < 4.78 is 5.03. The molecular weight excluding hydrogens is 274 g/mol. The fourth-order valence-electron chi connectivity index (χ4n) is 2.81. The number of carbonyl (C=O) groups excluding carboxylic acids is 1. The van der Waals surface area contributed by atoms with Crippen molar-refractivity contribution in [1.82, 2.24) is 15.3 Å². The van der Waals surface area contributed by atoms with Crippen LogP contribution in [0, 0.1) is 0 Å². The molecule has 6 heteroatoms. The predicted octanol–water partition coefficient (Wildman–Crippen LogP) is 1.78. The Morgan fingerprint density at radius 3 is 2.95 bits per heavy atom. The molecule has 0 bridgehead atoms. The van der Waals surface area contributed by atoms with E-state index in [1.165, 1.54) is 20.0 Å². The minimum absolute atomic E-state index is 0.119. The Hall–Kier alpha value is -1.14. The van der Waals surface area contributed by atoms with Crippen molar-refractivity contribution in [3.05, 3.63) is 18.6 Å². The van der Waals surface area contributed by atoms with Crippen molar-refractivity contribution in [2.75, 3.05) is 7.11 Å². The minimum Gasteiger partial charge on any atom is -0.468 e. The second-order valence-electron chi connectivity index (χ2n) is 5.52. The van der Waals surface area contributed by atoms with Crippen LogP contribution in [0.3, 0.4) is 0 Å². The van der Waals surface area contributed by atoms with Gasteiger partial charge in [0.2, 0.25) is 0 Å². The van der Waals surface area contributed by atoms with Crippen LogP contribution in [0.15, 0.2) is 23.6 Å². The monoisotopic (exact) mass is 293 g/mol. The zero-order chi connectivity index (χ0) is 14.0. The van der Waals surface area contributed by atoms with Crippen molar-refractivity contribution in [1.29, 1.82) is 0 Å². The van der Waals surface area contributed by atoms with E-state index < -0.39 is 5.54 Å². The molecule has 5 nitrogen and oxygen atoms in total. The van der Waals surface area contributed by atoms with E-state index in [4.69, 9.17) is 4.74 Å². The fraction of sp³-hybridized carbons (Fsp3) is 0.643. The molecule has 2 atom stereocenters. The molecule has 0 aromatic carbocycles. The first-order chi connectivity index (χ1) is 9.72. The first-order valence-electron chi connectivity index (χ1n) is 7.01. The van der Waals surface area contributed by atoms with Gasteiger partial charge in [0.15, 0.2) is 0 Å². The highest BCUT2D eigenvalue weighted by molar-refractivity contribution is 7.99. The van der Waals surface area contributed by atoms with Gasteiger partial charge >= 0.3 is 5.97 Å². The number of aromatic nitrogens is 2. The summed E-state index contributed by atoms with van der Waals surface area (Å²) in [6.07, 6.45) is 10.1. The third-order valence-corrected chi connectivity index (χ3v) is 5.12. The maximum Gasteiger partial charge on any atom is 0.326 e. The van der Waals surface area contributed by atoms with E-state index in [1.54, 1.807) is 30.4 Å². The van der Waals surface area contributed by atoms with Gasteiger partial charge in [0.05, 0.1) is 13.3 Å². The number of carbonyl (C=O) groups is 1. The lowest BCUT2D eigenvalue weighted by Crippen LogP contribution is -2.52. The predicted molar refractivity (Wildman–Crippen MR) is 76.4 cm³/mol. The van der Waals surface area contributed by atoms with E-state index >= 15 is 0 Å². The third kappa shape index (κ3) is 2.96. The summed E-state index contributed by atoms with van der Waals surface area (Å²) in [5.41, 5.74) is -0.490. The Kier molecular flexibility index (Phi) is 3.94. The molecule has 2 aliphatic rings. The van der Waals surface area contributed by atoms with E-state index in [0.717, 1.165) is 24.3 Å². The van der Waals surface area contributed by atoms with E-state index in [2.05, 4.69) is 15.3 Å². The van der Waals surface area contributed by atoms with Gasteiger partial charge in [-0.15, -0.1) is 11.8 Å². The molecule has 0 saturated heterocycles. The van der Waals surface area contributed by atoms with E-state index in [1.807, 2.05) is 0 Å². The minimum atomic E-state index is -0.490. The van der Waals surface area contributed by atoms with Crippen LogP contribution in [0.5, 0.6) is 0 Å². The topological polar surface area (TPSA) is 64.1 Å². The van der Waals surface area contributed by atoms with Crippen molar-refractivity contribution in [2.45, 2.75) is 54.0 Å². The van der Waals surface area contributed by atoms with Gasteiger partial charge in [0.25, 0.3) is 0 Å². The van der Waals surface area contributed by atoms with Gasteiger partial charge in [-0.2, -0.15) is 0 Å². The Morgan fingerprint density at radius 2 is 2.30 bits per heavy atom. The van der Waals surface area contributed by atoms with Crippen molar-refractivity contribution in [3.8, 4) is 0 Å². The van der Waals surface area contributed by atoms with E-state index in [9.17, 15) is 4.79 Å². The number of esters is 1. The molecule has 0 spiro atoms. The number of hydrogen-bond donors (Lipinski definition) is 1. The number of hydrogen-bond acceptors (Lipinski definition) is 6. The highest BCUT2D eigenvalue weighted by Gasteiger charge is 2.49. The first-order valence-corrected chi connectivity index (χ1v) is 7.88. The lowest BCUT2D eigenvalue weighted by atomic mass is 9.97. The van der Waals surface area contributed by atoms with Crippen molar-refractivity contribution >= 4 is 17.7 Å². The maximum atomic E-state index is 12.2. The Bertz CT molecular complexity index is 481. The smallest absolute Gasteiger partial charge is 0.326 e. The zero-order valence-corrected chi connectivity index (χ0v) is 12.4. The van der Waals surface area contributed by atoms with Gasteiger partial charge in [-0.3, -0.25) is 15.1 Å². The molecule has 108 valence electrons. The molecule has 1 aromatic rings. The van der Waals surface area contributed by atoms with Gasteiger partial charge in [0.1, 0.15) is 10.6 Å². The largest absolute Gasteiger partial charge is 0.468 e. The quantitative estimate of drug-likeness (QED) is 0.835. The zero-order valence-electron chi connectivity index (χ0n) is 11.5. The van der Waals surface area contributed by atoms with Gasteiger partial charge in [-0.1, -0.05) is 0 Å². The van der Waals surface area contributed by atoms with Crippen molar-refractivity contribution in [2.24, 2.45) is 0 Å². The van der Waals surface area contributed by atoms with Crippen LogP contribution in [0.1, 0.15) is 32.1 Å². The summed E-state index contributed by atoms with van der Waals surface area (Å²) in [5, 5.41) is 4.82. The van der Waals surface area contributed by atoms with Crippen LogP contribution in [0.2, 0.25) is 0 Å². The summed E-state index contributed by atoms with van der Waals surface area (Å²) in [6.45, 7) is 0. The number of rotatable bonds is 5. The number of methoxy groups -OCH3 is 1. The molecule has 20 heavy (non-hydrogen) atoms. The molecule has 2 fully saturated rings. The van der Waals surface area contributed by atoms with Gasteiger partial charge in [0, 0.05) is 23.7 Å². The normalized spacial score (nSPS) is 29.4. The molecule has 2 aliphatic carbocycles. The number of nitrogens with zero attached hydrogens (tertiary/aromatic N) is 2. The van der Waals surface area contributed by atoms with E-state index in [0.29, 0.717) is 11.3 Å². The molecular formula is C14H19N3O2S. The van der Waals surface area contributed by atoms with Crippen LogP contribution < -0.4 is 5.32 Å². The summed E-state index contributed by atoms with van der Waals surface area (Å²) >= 11 is 1.71. The standard InChI is InChI=1S/C14H19N3O2S/c1-19-13(18)14(17-10-2-3-10)5-4-11(8-14)20-12-9-15-6-7-16-12/h6-7,9-11,17H,2-5,8H2,1H3. The first kappa shape index (κ1) is 13.8. The highest BCUT2D eigenvalue weighted by atomic mass is 32.2. The Balaban J connectivity index is 1.67. The molecule has 2 saturated carbocycles. The number of ether oxygens (including phenoxy) is 1. The van der Waals surface area contributed by atoms with Gasteiger partial charge < -0.3 is 4.74 Å². The molecule has 0 amide bonds. The Morgan fingerprint density at radius 1 is 1.45 bits per heavy atom. The molecule has 1 aromatic heterocycles. The van der Waals surface area contributed by atoms with Crippen LogP contribution in [-0.2, 0) is 9.53 Å². The van der Waals surface area contributed by atoms with Crippen LogP contribution in [0.4, 0.5) is 0 Å². The summed E-state index contributed by atoms with van der Waals surface area (Å²) in [6, 6.07) is 0.495. The van der Waals surface area contributed by atoms with E-state index in [-0.39, 0.29) is 5.97 Å². The Labute approximate surface area is 122 Å². The van der Waals surface area contributed by atoms with Gasteiger partial charge in [-0.25, -0.2) is 4.98 Å². The average Bonchev–Trinajstić information content (AvgIpc) is 3.19.